The van der Waals surface area contributed by atoms with Gasteiger partial charge in [-0.3, -0.25) is 4.90 Å². The quantitative estimate of drug-likeness (QED) is 0.808. The first-order chi connectivity index (χ1) is 7.33. The van der Waals surface area contributed by atoms with E-state index < -0.39 is 0 Å². The van der Waals surface area contributed by atoms with Gasteiger partial charge in [0.1, 0.15) is 5.76 Å². The summed E-state index contributed by atoms with van der Waals surface area (Å²) in [4.78, 5) is 2.35. The highest BCUT2D eigenvalue weighted by Gasteiger charge is 2.28. The van der Waals surface area contributed by atoms with Gasteiger partial charge >= 0.3 is 0 Å². The van der Waals surface area contributed by atoms with Crippen LogP contribution in [0.15, 0.2) is 22.8 Å². The van der Waals surface area contributed by atoms with Gasteiger partial charge in [-0.15, -0.1) is 0 Å². The van der Waals surface area contributed by atoms with Gasteiger partial charge in [0.2, 0.25) is 0 Å². The van der Waals surface area contributed by atoms with E-state index >= 15 is 0 Å². The number of hydrogen-bond acceptors (Lipinski definition) is 4. The third kappa shape index (κ3) is 2.22. The van der Waals surface area contributed by atoms with Crippen molar-refractivity contribution in [2.45, 2.75) is 19.0 Å². The average Bonchev–Trinajstić information content (AvgIpc) is 2.75. The maximum absolute atomic E-state index is 5.81. The minimum absolute atomic E-state index is 0.180. The van der Waals surface area contributed by atoms with E-state index in [2.05, 4.69) is 11.8 Å². The van der Waals surface area contributed by atoms with Crippen LogP contribution in [0.5, 0.6) is 0 Å². The summed E-state index contributed by atoms with van der Waals surface area (Å²) in [6.07, 6.45) is 1.70. The number of morpholine rings is 1. The van der Waals surface area contributed by atoms with E-state index in [0.29, 0.717) is 12.6 Å². The topological polar surface area (TPSA) is 51.6 Å². The van der Waals surface area contributed by atoms with Crippen LogP contribution in [0.2, 0.25) is 0 Å². The largest absolute Gasteiger partial charge is 0.468 e. The van der Waals surface area contributed by atoms with Crippen LogP contribution in [0, 0.1) is 0 Å². The molecule has 2 rings (SSSR count). The second-order valence-electron chi connectivity index (χ2n) is 3.93. The summed E-state index contributed by atoms with van der Waals surface area (Å²) in [7, 11) is 0. The third-order valence-corrected chi connectivity index (χ3v) is 2.91. The fraction of sp³-hybridized carbons (Fsp3) is 0.636. The summed E-state index contributed by atoms with van der Waals surface area (Å²) in [6.45, 7) is 5.21. The molecule has 2 N–H and O–H groups in total. The van der Waals surface area contributed by atoms with Crippen molar-refractivity contribution in [3.63, 3.8) is 0 Å². The molecule has 4 heteroatoms. The lowest BCUT2D eigenvalue weighted by Crippen LogP contribution is -2.47. The molecule has 4 nitrogen and oxygen atoms in total. The van der Waals surface area contributed by atoms with E-state index in [9.17, 15) is 0 Å². The van der Waals surface area contributed by atoms with Crippen LogP contribution < -0.4 is 5.73 Å². The Labute approximate surface area is 90.0 Å². The van der Waals surface area contributed by atoms with Crippen molar-refractivity contribution in [3.8, 4) is 0 Å². The fourth-order valence-corrected chi connectivity index (χ4v) is 2.10. The predicted octanol–water partition coefficient (Wildman–Crippen LogP) is 1.00. The SMILES string of the molecule is CC1COCCN1C(CN)c1ccco1. The van der Waals surface area contributed by atoms with Gasteiger partial charge in [0.15, 0.2) is 0 Å². The fourth-order valence-electron chi connectivity index (χ4n) is 2.10. The van der Waals surface area contributed by atoms with Crippen molar-refractivity contribution >= 4 is 0 Å². The summed E-state index contributed by atoms with van der Waals surface area (Å²) in [5.74, 6) is 0.950. The highest BCUT2D eigenvalue weighted by atomic mass is 16.5. The minimum atomic E-state index is 0.180. The first-order valence-electron chi connectivity index (χ1n) is 5.40. The summed E-state index contributed by atoms with van der Waals surface area (Å²) < 4.78 is 10.8. The van der Waals surface area contributed by atoms with Crippen LogP contribution in [0.3, 0.4) is 0 Å². The molecular formula is C11H18N2O2. The lowest BCUT2D eigenvalue weighted by Gasteiger charge is -2.37. The zero-order chi connectivity index (χ0) is 10.7. The Balaban J connectivity index is 2.11. The molecule has 0 radical (unpaired) electrons. The molecular weight excluding hydrogens is 192 g/mol. The Bertz CT molecular complexity index is 287. The Morgan fingerprint density at radius 3 is 3.13 bits per heavy atom. The Kier molecular flexibility index (Phi) is 3.41. The van der Waals surface area contributed by atoms with Crippen LogP contribution in [0.1, 0.15) is 18.7 Å². The van der Waals surface area contributed by atoms with Gasteiger partial charge in [-0.1, -0.05) is 0 Å². The van der Waals surface area contributed by atoms with E-state index in [1.165, 1.54) is 0 Å². The summed E-state index contributed by atoms with van der Waals surface area (Å²) in [6, 6.07) is 4.47. The monoisotopic (exact) mass is 210 g/mol. The lowest BCUT2D eigenvalue weighted by atomic mass is 10.1. The minimum Gasteiger partial charge on any atom is -0.468 e. The molecule has 0 bridgehead atoms. The normalized spacial score (nSPS) is 25.3. The van der Waals surface area contributed by atoms with E-state index in [-0.39, 0.29) is 6.04 Å². The molecule has 0 aromatic carbocycles. The molecule has 1 saturated heterocycles. The molecule has 1 aliphatic heterocycles. The highest BCUT2D eigenvalue weighted by Crippen LogP contribution is 2.23. The average molecular weight is 210 g/mol. The summed E-state index contributed by atoms with van der Waals surface area (Å²) in [5, 5.41) is 0. The number of furan rings is 1. The summed E-state index contributed by atoms with van der Waals surface area (Å²) >= 11 is 0. The van der Waals surface area contributed by atoms with Crippen molar-refractivity contribution in [1.82, 2.24) is 4.90 Å². The van der Waals surface area contributed by atoms with Crippen molar-refractivity contribution in [2.75, 3.05) is 26.3 Å². The number of nitrogens with zero attached hydrogens (tertiary/aromatic N) is 1. The molecule has 2 unspecified atom stereocenters. The molecule has 1 aliphatic rings. The van der Waals surface area contributed by atoms with E-state index in [1.54, 1.807) is 6.26 Å². The third-order valence-electron chi connectivity index (χ3n) is 2.91. The Morgan fingerprint density at radius 1 is 1.67 bits per heavy atom. The van der Waals surface area contributed by atoms with Gasteiger partial charge in [-0.25, -0.2) is 0 Å². The smallest absolute Gasteiger partial charge is 0.122 e. The zero-order valence-corrected chi connectivity index (χ0v) is 9.06. The molecule has 2 atom stereocenters. The molecule has 2 heterocycles. The van der Waals surface area contributed by atoms with Gasteiger partial charge in [0, 0.05) is 19.1 Å². The van der Waals surface area contributed by atoms with Gasteiger partial charge in [-0.2, -0.15) is 0 Å². The van der Waals surface area contributed by atoms with Crippen LogP contribution >= 0.6 is 0 Å². The predicted molar refractivity (Wildman–Crippen MR) is 57.5 cm³/mol. The standard InChI is InChI=1S/C11H18N2O2/c1-9-8-14-6-4-13(9)10(7-12)11-3-2-5-15-11/h2-3,5,9-10H,4,6-8,12H2,1H3. The molecule has 0 amide bonds. The van der Waals surface area contributed by atoms with Gasteiger partial charge < -0.3 is 14.9 Å². The molecule has 84 valence electrons. The number of rotatable bonds is 3. The van der Waals surface area contributed by atoms with Crippen LogP contribution in [-0.4, -0.2) is 37.2 Å². The van der Waals surface area contributed by atoms with Crippen molar-refractivity contribution in [2.24, 2.45) is 5.73 Å². The van der Waals surface area contributed by atoms with Crippen molar-refractivity contribution in [3.05, 3.63) is 24.2 Å². The second kappa shape index (κ2) is 4.79. The Morgan fingerprint density at radius 2 is 2.53 bits per heavy atom. The van der Waals surface area contributed by atoms with Crippen LogP contribution in [-0.2, 0) is 4.74 Å². The number of hydrogen-bond donors (Lipinski definition) is 1. The van der Waals surface area contributed by atoms with Gasteiger partial charge in [0.25, 0.3) is 0 Å². The number of ether oxygens (including phenoxy) is 1. The molecule has 15 heavy (non-hydrogen) atoms. The maximum Gasteiger partial charge on any atom is 0.122 e. The molecule has 0 aliphatic carbocycles. The summed E-state index contributed by atoms with van der Waals surface area (Å²) in [5.41, 5.74) is 5.81. The van der Waals surface area contributed by atoms with Crippen molar-refractivity contribution < 1.29 is 9.15 Å². The van der Waals surface area contributed by atoms with E-state index in [0.717, 1.165) is 25.5 Å². The van der Waals surface area contributed by atoms with Crippen LogP contribution in [0.25, 0.3) is 0 Å². The maximum atomic E-state index is 5.81. The second-order valence-corrected chi connectivity index (χ2v) is 3.93. The van der Waals surface area contributed by atoms with Gasteiger partial charge in [-0.05, 0) is 19.1 Å². The van der Waals surface area contributed by atoms with Crippen LogP contribution in [0.4, 0.5) is 0 Å². The zero-order valence-electron chi connectivity index (χ0n) is 9.06. The highest BCUT2D eigenvalue weighted by molar-refractivity contribution is 5.06. The first kappa shape index (κ1) is 10.7. The molecule has 0 saturated carbocycles. The lowest BCUT2D eigenvalue weighted by molar-refractivity contribution is -0.0248. The Hall–Kier alpha value is -0.840. The molecule has 1 aromatic heterocycles. The van der Waals surface area contributed by atoms with Crippen molar-refractivity contribution in [1.29, 1.82) is 0 Å². The molecule has 0 spiro atoms. The number of nitrogens with two attached hydrogens (primary N) is 1. The molecule has 1 fully saturated rings. The van der Waals surface area contributed by atoms with Gasteiger partial charge in [0.05, 0.1) is 25.5 Å². The van der Waals surface area contributed by atoms with E-state index in [1.807, 2.05) is 12.1 Å². The molecule has 1 aromatic rings. The van der Waals surface area contributed by atoms with E-state index in [4.69, 9.17) is 14.9 Å². The first-order valence-corrected chi connectivity index (χ1v) is 5.40.